The van der Waals surface area contributed by atoms with Crippen molar-refractivity contribution in [3.63, 3.8) is 0 Å². The van der Waals surface area contributed by atoms with Gasteiger partial charge in [-0.2, -0.15) is 0 Å². The van der Waals surface area contributed by atoms with Gasteiger partial charge in [0.25, 0.3) is 0 Å². The number of epoxide rings is 2. The number of hydrogen-bond acceptors (Lipinski definition) is 8. The minimum absolute atomic E-state index is 0.201. The number of esters is 2. The number of benzene rings is 4. The number of ether oxygens (including phenoxy) is 6. The minimum atomic E-state index is -0.379. The molecule has 2 atom stereocenters. The van der Waals surface area contributed by atoms with Crippen LogP contribution in [0.3, 0.4) is 0 Å². The minimum Gasteiger partial charge on any atom is -0.491 e. The lowest BCUT2D eigenvalue weighted by Crippen LogP contribution is -2.09. The molecule has 0 N–H and O–H groups in total. The van der Waals surface area contributed by atoms with E-state index >= 15 is 0 Å². The smallest absolute Gasteiger partial charge is 0.338 e. The van der Waals surface area contributed by atoms with Crippen molar-refractivity contribution in [2.75, 3.05) is 39.6 Å². The molecule has 0 amide bonds. The standard InChI is InChI=1S/C32H30O8/c33-31(25-5-3-23-15-27(9-7-21(23)13-25)37-17-29-19-39-29)35-11-1-2-12-36-32(34)26-6-4-24-16-28(10-8-22(24)14-26)38-18-30-20-40-30/h3-10,13-16,29-30H,1-2,11-12,17-20H2. The predicted molar refractivity (Wildman–Crippen MR) is 148 cm³/mol. The second-order valence-corrected chi connectivity index (χ2v) is 9.96. The van der Waals surface area contributed by atoms with Gasteiger partial charge in [-0.3, -0.25) is 0 Å². The topological polar surface area (TPSA) is 96.1 Å². The number of rotatable bonds is 13. The molecule has 206 valence electrons. The SMILES string of the molecule is O=C(OCCCCOC(=O)c1ccc2cc(OCC3CO3)ccc2c1)c1ccc2cc(OCC3CO3)ccc2c1. The first-order valence-corrected chi connectivity index (χ1v) is 13.5. The molecule has 4 aromatic rings. The quantitative estimate of drug-likeness (QED) is 0.127. The molecule has 2 aliphatic rings. The van der Waals surface area contributed by atoms with Gasteiger partial charge in [-0.05, 0) is 82.9 Å². The molecule has 4 aromatic carbocycles. The summed E-state index contributed by atoms with van der Waals surface area (Å²) in [6, 6.07) is 22.4. The van der Waals surface area contributed by atoms with Gasteiger partial charge in [-0.15, -0.1) is 0 Å². The van der Waals surface area contributed by atoms with Crippen LogP contribution in [0, 0.1) is 0 Å². The molecule has 8 heteroatoms. The molecule has 2 heterocycles. The third-order valence-electron chi connectivity index (χ3n) is 6.78. The fourth-order valence-corrected chi connectivity index (χ4v) is 4.29. The maximum absolute atomic E-state index is 12.5. The molecular formula is C32H30O8. The van der Waals surface area contributed by atoms with Crippen LogP contribution in [0.1, 0.15) is 33.6 Å². The molecule has 0 aromatic heterocycles. The summed E-state index contributed by atoms with van der Waals surface area (Å²) >= 11 is 0. The van der Waals surface area contributed by atoms with Crippen molar-refractivity contribution in [3.8, 4) is 11.5 Å². The van der Waals surface area contributed by atoms with Gasteiger partial charge in [0.2, 0.25) is 0 Å². The zero-order chi connectivity index (χ0) is 27.3. The number of carbonyl (C=O) groups excluding carboxylic acids is 2. The van der Waals surface area contributed by atoms with E-state index in [1.54, 1.807) is 12.1 Å². The average Bonchev–Trinajstić information content (AvgIpc) is 3.91. The Hall–Kier alpha value is -4.14. The largest absolute Gasteiger partial charge is 0.491 e. The van der Waals surface area contributed by atoms with Crippen LogP contribution in [0.15, 0.2) is 72.8 Å². The van der Waals surface area contributed by atoms with Gasteiger partial charge >= 0.3 is 11.9 Å². The van der Waals surface area contributed by atoms with Crippen LogP contribution in [0.4, 0.5) is 0 Å². The van der Waals surface area contributed by atoms with Gasteiger partial charge < -0.3 is 28.4 Å². The Morgan fingerprint density at radius 2 is 1.00 bits per heavy atom. The van der Waals surface area contributed by atoms with E-state index in [-0.39, 0.29) is 37.4 Å². The lowest BCUT2D eigenvalue weighted by Gasteiger charge is -2.09. The maximum Gasteiger partial charge on any atom is 0.338 e. The van der Waals surface area contributed by atoms with Crippen LogP contribution >= 0.6 is 0 Å². The van der Waals surface area contributed by atoms with Gasteiger partial charge in [0.15, 0.2) is 0 Å². The van der Waals surface area contributed by atoms with Crippen molar-refractivity contribution in [2.45, 2.75) is 25.0 Å². The van der Waals surface area contributed by atoms with E-state index in [0.29, 0.717) is 37.2 Å². The Labute approximate surface area is 231 Å². The van der Waals surface area contributed by atoms with Crippen molar-refractivity contribution >= 4 is 33.5 Å². The highest BCUT2D eigenvalue weighted by Gasteiger charge is 2.23. The molecule has 2 unspecified atom stereocenters. The molecule has 40 heavy (non-hydrogen) atoms. The molecule has 6 rings (SSSR count). The molecule has 0 spiro atoms. The van der Waals surface area contributed by atoms with E-state index in [1.807, 2.05) is 60.7 Å². The van der Waals surface area contributed by atoms with E-state index in [4.69, 9.17) is 28.4 Å². The molecule has 0 radical (unpaired) electrons. The molecule has 0 saturated carbocycles. The second kappa shape index (κ2) is 11.9. The fraction of sp³-hybridized carbons (Fsp3) is 0.312. The van der Waals surface area contributed by atoms with E-state index < -0.39 is 0 Å². The van der Waals surface area contributed by atoms with E-state index in [2.05, 4.69) is 0 Å². The molecule has 2 fully saturated rings. The molecule has 0 aliphatic carbocycles. The third kappa shape index (κ3) is 6.89. The van der Waals surface area contributed by atoms with Crippen molar-refractivity contribution in [3.05, 3.63) is 83.9 Å². The summed E-state index contributed by atoms with van der Waals surface area (Å²) in [6.07, 6.45) is 1.58. The molecular weight excluding hydrogens is 512 g/mol. The summed E-state index contributed by atoms with van der Waals surface area (Å²) < 4.78 is 32.6. The molecule has 0 bridgehead atoms. The molecule has 8 nitrogen and oxygen atoms in total. The molecule has 2 saturated heterocycles. The first-order valence-electron chi connectivity index (χ1n) is 13.5. The van der Waals surface area contributed by atoms with Crippen molar-refractivity contribution < 1.29 is 38.0 Å². The second-order valence-electron chi connectivity index (χ2n) is 9.96. The van der Waals surface area contributed by atoms with Crippen LogP contribution in [0.5, 0.6) is 11.5 Å². The van der Waals surface area contributed by atoms with Crippen LogP contribution in [0.2, 0.25) is 0 Å². The zero-order valence-corrected chi connectivity index (χ0v) is 22.0. The average molecular weight is 543 g/mol. The van der Waals surface area contributed by atoms with Crippen LogP contribution in [-0.2, 0) is 18.9 Å². The highest BCUT2D eigenvalue weighted by atomic mass is 16.6. The number of hydrogen-bond donors (Lipinski definition) is 0. The van der Waals surface area contributed by atoms with Gasteiger partial charge in [0, 0.05) is 0 Å². The predicted octanol–water partition coefficient (Wildman–Crippen LogP) is 5.34. The summed E-state index contributed by atoms with van der Waals surface area (Å²) in [5.41, 5.74) is 0.983. The molecule has 2 aliphatic heterocycles. The van der Waals surface area contributed by atoms with Crippen LogP contribution in [0.25, 0.3) is 21.5 Å². The van der Waals surface area contributed by atoms with E-state index in [9.17, 15) is 9.59 Å². The lowest BCUT2D eigenvalue weighted by molar-refractivity contribution is 0.0432. The van der Waals surface area contributed by atoms with E-state index in [1.165, 1.54) is 0 Å². The highest BCUT2D eigenvalue weighted by Crippen LogP contribution is 2.25. The summed E-state index contributed by atoms with van der Waals surface area (Å²) in [6.45, 7) is 3.10. The normalized spacial score (nSPS) is 17.4. The lowest BCUT2D eigenvalue weighted by atomic mass is 10.1. The number of unbranched alkanes of at least 4 members (excludes halogenated alkanes) is 1. The summed E-state index contributed by atoms with van der Waals surface area (Å²) in [5.74, 6) is 0.796. The Balaban J connectivity index is 0.915. The zero-order valence-electron chi connectivity index (χ0n) is 22.0. The van der Waals surface area contributed by atoms with Gasteiger partial charge in [-0.1, -0.05) is 24.3 Å². The summed E-state index contributed by atoms with van der Waals surface area (Å²) in [7, 11) is 0. The Morgan fingerprint density at radius 3 is 1.43 bits per heavy atom. The fourth-order valence-electron chi connectivity index (χ4n) is 4.29. The van der Waals surface area contributed by atoms with Gasteiger partial charge in [0.1, 0.15) is 36.9 Å². The van der Waals surface area contributed by atoms with Crippen LogP contribution < -0.4 is 9.47 Å². The Kier molecular flexibility index (Phi) is 7.79. The first kappa shape index (κ1) is 26.1. The van der Waals surface area contributed by atoms with Crippen LogP contribution in [-0.4, -0.2) is 63.8 Å². The van der Waals surface area contributed by atoms with E-state index in [0.717, 1.165) is 46.3 Å². The monoisotopic (exact) mass is 542 g/mol. The maximum atomic E-state index is 12.5. The summed E-state index contributed by atoms with van der Waals surface area (Å²) in [5, 5.41) is 3.83. The summed E-state index contributed by atoms with van der Waals surface area (Å²) in [4.78, 5) is 25.0. The first-order chi connectivity index (χ1) is 19.6. The van der Waals surface area contributed by atoms with Crippen molar-refractivity contribution in [1.82, 2.24) is 0 Å². The van der Waals surface area contributed by atoms with Crippen molar-refractivity contribution in [1.29, 1.82) is 0 Å². The van der Waals surface area contributed by atoms with Gasteiger partial charge in [-0.25, -0.2) is 9.59 Å². The van der Waals surface area contributed by atoms with Gasteiger partial charge in [0.05, 0.1) is 37.6 Å². The van der Waals surface area contributed by atoms with Crippen molar-refractivity contribution in [2.24, 2.45) is 0 Å². The highest BCUT2D eigenvalue weighted by molar-refractivity contribution is 5.96. The Bertz CT molecular complexity index is 1410. The third-order valence-corrected chi connectivity index (χ3v) is 6.78. The Morgan fingerprint density at radius 1 is 0.600 bits per heavy atom. The number of carbonyl (C=O) groups is 2. The number of fused-ring (bicyclic) bond motifs is 2.